The van der Waals surface area contributed by atoms with E-state index >= 15 is 0 Å². The van der Waals surface area contributed by atoms with Crippen LogP contribution < -0.4 is 5.32 Å². The van der Waals surface area contributed by atoms with Crippen LogP contribution >= 0.6 is 11.3 Å². The van der Waals surface area contributed by atoms with Crippen LogP contribution in [0.5, 0.6) is 0 Å². The van der Waals surface area contributed by atoms with Gasteiger partial charge in [-0.05, 0) is 24.6 Å². The number of carbonyl (C=O) groups excluding carboxylic acids is 2. The molecule has 0 radical (unpaired) electrons. The molecular weight excluding hydrogens is 326 g/mol. The van der Waals surface area contributed by atoms with Crippen LogP contribution in [0.15, 0.2) is 52.3 Å². The first-order valence-electron chi connectivity index (χ1n) is 7.23. The van der Waals surface area contributed by atoms with Gasteiger partial charge in [0.15, 0.2) is 5.76 Å². The summed E-state index contributed by atoms with van der Waals surface area (Å²) < 4.78 is 10.2. The van der Waals surface area contributed by atoms with E-state index in [2.05, 4.69) is 5.32 Å². The van der Waals surface area contributed by atoms with E-state index in [0.717, 1.165) is 11.1 Å². The smallest absolute Gasteiger partial charge is 0.341 e. The fourth-order valence-electron chi connectivity index (χ4n) is 2.31. The zero-order valence-corrected chi connectivity index (χ0v) is 14.0. The Bertz CT molecular complexity index is 880. The van der Waals surface area contributed by atoms with Crippen LogP contribution in [0.1, 0.15) is 26.7 Å². The topological polar surface area (TPSA) is 68.5 Å². The summed E-state index contributed by atoms with van der Waals surface area (Å²) >= 11 is 1.27. The Morgan fingerprint density at radius 3 is 2.50 bits per heavy atom. The van der Waals surface area contributed by atoms with Gasteiger partial charge in [0, 0.05) is 10.9 Å². The molecule has 24 heavy (non-hydrogen) atoms. The fourth-order valence-corrected chi connectivity index (χ4v) is 3.26. The molecular formula is C18H15NO4S. The van der Waals surface area contributed by atoms with Gasteiger partial charge in [0.1, 0.15) is 16.3 Å². The molecule has 3 aromatic rings. The molecule has 3 rings (SSSR count). The number of thiophene rings is 1. The van der Waals surface area contributed by atoms with Gasteiger partial charge in [0.05, 0.1) is 7.11 Å². The molecule has 1 amide bonds. The SMILES string of the molecule is COC(=O)c1c(-c2ccccc2)csc1NC(=O)c1ccc(C)o1. The number of benzene rings is 1. The van der Waals surface area contributed by atoms with Gasteiger partial charge in [-0.3, -0.25) is 4.79 Å². The Kier molecular flexibility index (Phi) is 4.48. The number of nitrogens with one attached hydrogen (secondary N) is 1. The minimum absolute atomic E-state index is 0.193. The highest BCUT2D eigenvalue weighted by Crippen LogP contribution is 2.36. The van der Waals surface area contributed by atoms with Gasteiger partial charge >= 0.3 is 5.97 Å². The molecule has 0 aliphatic rings. The number of amides is 1. The Labute approximate surface area is 142 Å². The van der Waals surface area contributed by atoms with E-state index in [4.69, 9.17) is 9.15 Å². The summed E-state index contributed by atoms with van der Waals surface area (Å²) in [6, 6.07) is 12.8. The van der Waals surface area contributed by atoms with Crippen molar-refractivity contribution in [2.24, 2.45) is 0 Å². The van der Waals surface area contributed by atoms with Crippen molar-refractivity contribution < 1.29 is 18.7 Å². The predicted octanol–water partition coefficient (Wildman–Crippen LogP) is 4.36. The second-order valence-electron chi connectivity index (χ2n) is 5.08. The Hall–Kier alpha value is -2.86. The van der Waals surface area contributed by atoms with Crippen LogP contribution in [0.2, 0.25) is 0 Å². The van der Waals surface area contributed by atoms with E-state index < -0.39 is 11.9 Å². The molecule has 0 spiro atoms. The van der Waals surface area contributed by atoms with Crippen LogP contribution in [-0.2, 0) is 4.74 Å². The molecule has 0 saturated heterocycles. The van der Waals surface area contributed by atoms with Gasteiger partial charge in [0.25, 0.3) is 5.91 Å². The lowest BCUT2D eigenvalue weighted by atomic mass is 10.0. The molecule has 122 valence electrons. The van der Waals surface area contributed by atoms with Crippen LogP contribution in [0.25, 0.3) is 11.1 Å². The van der Waals surface area contributed by atoms with Crippen molar-refractivity contribution >= 4 is 28.2 Å². The highest BCUT2D eigenvalue weighted by Gasteiger charge is 2.23. The van der Waals surface area contributed by atoms with E-state index in [-0.39, 0.29) is 5.76 Å². The molecule has 0 aliphatic carbocycles. The minimum Gasteiger partial charge on any atom is -0.465 e. The number of methoxy groups -OCH3 is 1. The summed E-state index contributed by atoms with van der Waals surface area (Å²) in [5.41, 5.74) is 1.94. The Balaban J connectivity index is 1.98. The molecule has 1 aromatic carbocycles. The third-order valence-corrected chi connectivity index (χ3v) is 4.35. The number of aryl methyl sites for hydroxylation is 1. The summed E-state index contributed by atoms with van der Waals surface area (Å²) in [5.74, 6) is -0.0711. The lowest BCUT2D eigenvalue weighted by molar-refractivity contribution is 0.0603. The molecule has 0 bridgehead atoms. The van der Waals surface area contributed by atoms with Crippen molar-refractivity contribution in [2.45, 2.75) is 6.92 Å². The zero-order valence-electron chi connectivity index (χ0n) is 13.2. The molecule has 2 heterocycles. The maximum absolute atomic E-state index is 12.3. The van der Waals surface area contributed by atoms with Crippen LogP contribution in [0.4, 0.5) is 5.00 Å². The third-order valence-electron chi connectivity index (χ3n) is 3.46. The number of rotatable bonds is 4. The van der Waals surface area contributed by atoms with Crippen LogP contribution in [0.3, 0.4) is 0 Å². The highest BCUT2D eigenvalue weighted by atomic mass is 32.1. The zero-order chi connectivity index (χ0) is 17.1. The maximum Gasteiger partial charge on any atom is 0.341 e. The quantitative estimate of drug-likeness (QED) is 0.716. The molecule has 5 nitrogen and oxygen atoms in total. The molecule has 2 aromatic heterocycles. The Morgan fingerprint density at radius 1 is 1.12 bits per heavy atom. The largest absolute Gasteiger partial charge is 0.465 e. The number of esters is 1. The van der Waals surface area contributed by atoms with Gasteiger partial charge in [-0.1, -0.05) is 30.3 Å². The van der Waals surface area contributed by atoms with Crippen molar-refractivity contribution in [1.29, 1.82) is 0 Å². The second-order valence-corrected chi connectivity index (χ2v) is 5.96. The molecule has 6 heteroatoms. The fraction of sp³-hybridized carbons (Fsp3) is 0.111. The second kappa shape index (κ2) is 6.72. The van der Waals surface area contributed by atoms with E-state index in [1.165, 1.54) is 18.4 Å². The minimum atomic E-state index is -0.499. The highest BCUT2D eigenvalue weighted by molar-refractivity contribution is 7.15. The van der Waals surface area contributed by atoms with Crippen molar-refractivity contribution in [3.05, 3.63) is 64.9 Å². The van der Waals surface area contributed by atoms with Gasteiger partial charge in [-0.15, -0.1) is 11.3 Å². The number of hydrogen-bond acceptors (Lipinski definition) is 5. The molecule has 0 unspecified atom stereocenters. The number of carbonyl (C=O) groups is 2. The van der Waals surface area contributed by atoms with Gasteiger partial charge in [0.2, 0.25) is 0 Å². The first-order valence-corrected chi connectivity index (χ1v) is 8.11. The van der Waals surface area contributed by atoms with E-state index in [1.54, 1.807) is 19.1 Å². The molecule has 1 N–H and O–H groups in total. The predicted molar refractivity (Wildman–Crippen MR) is 92.5 cm³/mol. The lowest BCUT2D eigenvalue weighted by Crippen LogP contribution is -2.13. The molecule has 0 atom stereocenters. The van der Waals surface area contributed by atoms with E-state index in [0.29, 0.717) is 16.3 Å². The average Bonchev–Trinajstić information content (AvgIpc) is 3.21. The average molecular weight is 341 g/mol. The summed E-state index contributed by atoms with van der Waals surface area (Å²) in [6.45, 7) is 1.76. The maximum atomic E-state index is 12.3. The van der Waals surface area contributed by atoms with E-state index in [1.807, 2.05) is 35.7 Å². The first kappa shape index (κ1) is 16.0. The summed E-state index contributed by atoms with van der Waals surface area (Å²) in [5, 5.41) is 4.98. The van der Waals surface area contributed by atoms with Crippen molar-refractivity contribution in [3.63, 3.8) is 0 Å². The standard InChI is InChI=1S/C18H15NO4S/c1-11-8-9-14(23-11)16(20)19-17-15(18(21)22-2)13(10-24-17)12-6-4-3-5-7-12/h3-10H,1-2H3,(H,19,20). The number of hydrogen-bond donors (Lipinski definition) is 1. The van der Waals surface area contributed by atoms with Crippen LogP contribution in [-0.4, -0.2) is 19.0 Å². The van der Waals surface area contributed by atoms with Gasteiger partial charge < -0.3 is 14.5 Å². The summed E-state index contributed by atoms with van der Waals surface area (Å²) in [6.07, 6.45) is 0. The molecule has 0 fully saturated rings. The molecule has 0 saturated carbocycles. The number of anilines is 1. The van der Waals surface area contributed by atoms with Crippen molar-refractivity contribution in [2.75, 3.05) is 12.4 Å². The first-order chi connectivity index (χ1) is 11.6. The Morgan fingerprint density at radius 2 is 1.88 bits per heavy atom. The number of ether oxygens (including phenoxy) is 1. The molecule has 0 aliphatic heterocycles. The summed E-state index contributed by atoms with van der Waals surface area (Å²) in [4.78, 5) is 24.5. The normalized spacial score (nSPS) is 10.4. The van der Waals surface area contributed by atoms with Crippen LogP contribution in [0, 0.1) is 6.92 Å². The van der Waals surface area contributed by atoms with E-state index in [9.17, 15) is 9.59 Å². The van der Waals surface area contributed by atoms with Crippen molar-refractivity contribution in [1.82, 2.24) is 0 Å². The van der Waals surface area contributed by atoms with Gasteiger partial charge in [-0.2, -0.15) is 0 Å². The van der Waals surface area contributed by atoms with Gasteiger partial charge in [-0.25, -0.2) is 4.79 Å². The van der Waals surface area contributed by atoms with Crippen molar-refractivity contribution in [3.8, 4) is 11.1 Å². The number of furan rings is 1. The summed E-state index contributed by atoms with van der Waals surface area (Å²) in [7, 11) is 1.32. The third kappa shape index (κ3) is 3.09. The lowest BCUT2D eigenvalue weighted by Gasteiger charge is -2.07. The monoisotopic (exact) mass is 341 g/mol.